The highest BCUT2D eigenvalue weighted by Gasteiger charge is 2.30. The van der Waals surface area contributed by atoms with Crippen LogP contribution in [0.25, 0.3) is 0 Å². The Morgan fingerprint density at radius 2 is 1.96 bits per heavy atom. The van der Waals surface area contributed by atoms with Crippen LogP contribution in [0.4, 0.5) is 4.79 Å². The molecular weight excluding hydrogens is 356 g/mol. The molecule has 28 heavy (non-hydrogen) atoms. The zero-order valence-electron chi connectivity index (χ0n) is 16.3. The molecule has 1 amide bonds. The Morgan fingerprint density at radius 1 is 1.21 bits per heavy atom. The van der Waals surface area contributed by atoms with Crippen molar-refractivity contribution >= 4 is 6.09 Å². The third-order valence-corrected chi connectivity index (χ3v) is 5.75. The van der Waals surface area contributed by atoms with Gasteiger partial charge in [0.05, 0.1) is 24.5 Å². The lowest BCUT2D eigenvalue weighted by molar-refractivity contribution is 0.0647. The Balaban J connectivity index is 1.38. The van der Waals surface area contributed by atoms with E-state index in [1.807, 2.05) is 52.9 Å². The van der Waals surface area contributed by atoms with E-state index >= 15 is 0 Å². The van der Waals surface area contributed by atoms with Crippen molar-refractivity contribution in [1.29, 1.82) is 0 Å². The van der Waals surface area contributed by atoms with Gasteiger partial charge in [0, 0.05) is 32.2 Å². The second-order valence-corrected chi connectivity index (χ2v) is 7.48. The van der Waals surface area contributed by atoms with Gasteiger partial charge in [-0.05, 0) is 31.4 Å². The summed E-state index contributed by atoms with van der Waals surface area (Å²) >= 11 is 0. The van der Waals surface area contributed by atoms with Crippen LogP contribution in [0, 0.1) is 0 Å². The predicted molar refractivity (Wildman–Crippen MR) is 105 cm³/mol. The zero-order chi connectivity index (χ0) is 19.5. The van der Waals surface area contributed by atoms with Crippen molar-refractivity contribution in [2.75, 3.05) is 26.2 Å². The van der Waals surface area contributed by atoms with Crippen LogP contribution in [0.3, 0.4) is 0 Å². The fraction of sp³-hybridized carbons (Fsp3) is 0.524. The van der Waals surface area contributed by atoms with Crippen LogP contribution >= 0.6 is 0 Å². The minimum absolute atomic E-state index is 0.197. The van der Waals surface area contributed by atoms with Gasteiger partial charge in [0.1, 0.15) is 6.10 Å². The first kappa shape index (κ1) is 19.0. The Hall–Kier alpha value is -2.38. The third kappa shape index (κ3) is 3.91. The Kier molecular flexibility index (Phi) is 5.64. The van der Waals surface area contributed by atoms with Crippen molar-refractivity contribution in [3.05, 3.63) is 53.3 Å². The van der Waals surface area contributed by atoms with E-state index in [0.29, 0.717) is 18.3 Å². The molecule has 0 radical (unpaired) electrons. The lowest BCUT2D eigenvalue weighted by Crippen LogP contribution is -2.48. The number of amides is 1. The molecule has 0 bridgehead atoms. The van der Waals surface area contributed by atoms with Crippen LogP contribution in [-0.4, -0.2) is 63.1 Å². The van der Waals surface area contributed by atoms with Gasteiger partial charge in [0.2, 0.25) is 0 Å². The van der Waals surface area contributed by atoms with E-state index in [1.54, 1.807) is 0 Å². The minimum atomic E-state index is -0.694. The zero-order valence-corrected chi connectivity index (χ0v) is 16.3. The number of nitrogens with zero attached hydrogens (tertiary/aromatic N) is 4. The fourth-order valence-electron chi connectivity index (χ4n) is 4.19. The van der Waals surface area contributed by atoms with Gasteiger partial charge in [-0.25, -0.2) is 4.79 Å². The summed E-state index contributed by atoms with van der Waals surface area (Å²) in [6.07, 6.45) is 1.04. The quantitative estimate of drug-likeness (QED) is 0.877. The van der Waals surface area contributed by atoms with Crippen LogP contribution in [0.5, 0.6) is 0 Å². The Labute approximate surface area is 165 Å². The first-order valence-corrected chi connectivity index (χ1v) is 10.1. The van der Waals surface area contributed by atoms with Crippen molar-refractivity contribution in [1.82, 2.24) is 19.6 Å². The Bertz CT molecular complexity index is 799. The van der Waals surface area contributed by atoms with Gasteiger partial charge < -0.3 is 14.7 Å². The summed E-state index contributed by atoms with van der Waals surface area (Å²) in [5.74, 6) is 0. The molecular formula is C21H28N4O3. The monoisotopic (exact) mass is 384 g/mol. The van der Waals surface area contributed by atoms with E-state index in [-0.39, 0.29) is 6.09 Å². The molecule has 7 heteroatoms. The maximum absolute atomic E-state index is 11.9. The summed E-state index contributed by atoms with van der Waals surface area (Å²) in [6.45, 7) is 6.36. The summed E-state index contributed by atoms with van der Waals surface area (Å²) in [6, 6.07) is 12.1. The van der Waals surface area contributed by atoms with Crippen LogP contribution in [0.2, 0.25) is 0 Å². The smallest absolute Gasteiger partial charge is 0.409 e. The van der Waals surface area contributed by atoms with E-state index in [4.69, 9.17) is 4.74 Å². The number of benzene rings is 1. The predicted octanol–water partition coefficient (Wildman–Crippen LogP) is 2.40. The second kappa shape index (κ2) is 8.32. The molecule has 2 aliphatic rings. The largest absolute Gasteiger partial charge is 0.450 e. The molecule has 1 atom stereocenters. The molecule has 0 spiro atoms. The van der Waals surface area contributed by atoms with Crippen molar-refractivity contribution < 1.29 is 14.6 Å². The summed E-state index contributed by atoms with van der Waals surface area (Å²) in [7, 11) is 0. The van der Waals surface area contributed by atoms with Gasteiger partial charge in [-0.1, -0.05) is 30.3 Å². The number of hydrogen-bond acceptors (Lipinski definition) is 5. The molecule has 1 N–H and O–H groups in total. The van der Waals surface area contributed by atoms with Crippen molar-refractivity contribution in [2.24, 2.45) is 0 Å². The first-order valence-electron chi connectivity index (χ1n) is 10.1. The molecule has 4 rings (SSSR count). The number of piperidine rings is 1. The number of hydrogen-bond donors (Lipinski definition) is 1. The van der Waals surface area contributed by atoms with Crippen molar-refractivity contribution in [3.63, 3.8) is 0 Å². The van der Waals surface area contributed by atoms with Gasteiger partial charge >= 0.3 is 6.09 Å². The number of likely N-dealkylation sites (tertiary alicyclic amines) is 1. The summed E-state index contributed by atoms with van der Waals surface area (Å²) in [5.41, 5.74) is 2.71. The number of carbonyl (C=O) groups excluding carboxylic acids is 1. The van der Waals surface area contributed by atoms with E-state index in [9.17, 15) is 9.90 Å². The number of carbonyl (C=O) groups is 1. The van der Waals surface area contributed by atoms with Gasteiger partial charge in [0.25, 0.3) is 0 Å². The summed E-state index contributed by atoms with van der Waals surface area (Å²) in [4.78, 5) is 16.2. The Morgan fingerprint density at radius 3 is 2.68 bits per heavy atom. The third-order valence-electron chi connectivity index (χ3n) is 5.75. The lowest BCUT2D eigenvalue weighted by atomic mass is 10.0. The molecule has 150 valence electrons. The van der Waals surface area contributed by atoms with Crippen molar-refractivity contribution in [2.45, 2.75) is 45.0 Å². The molecule has 1 fully saturated rings. The number of ether oxygens (including phenoxy) is 1. The van der Waals surface area contributed by atoms with E-state index in [2.05, 4.69) is 10.00 Å². The summed E-state index contributed by atoms with van der Waals surface area (Å²) < 4.78 is 7.13. The SMILES string of the molecule is CCOC(=O)N1CCC(N2CCn3nc(C(O)c4ccccc4)cc3C2)CC1. The molecule has 0 aliphatic carbocycles. The van der Waals surface area contributed by atoms with Crippen molar-refractivity contribution in [3.8, 4) is 0 Å². The lowest BCUT2D eigenvalue weighted by Gasteiger charge is -2.39. The van der Waals surface area contributed by atoms with Gasteiger partial charge in [-0.15, -0.1) is 0 Å². The van der Waals surface area contributed by atoms with Crippen LogP contribution < -0.4 is 0 Å². The van der Waals surface area contributed by atoms with Gasteiger partial charge in [-0.3, -0.25) is 9.58 Å². The fourth-order valence-corrected chi connectivity index (χ4v) is 4.19. The first-order chi connectivity index (χ1) is 13.7. The van der Waals surface area contributed by atoms with E-state index < -0.39 is 6.10 Å². The van der Waals surface area contributed by atoms with Gasteiger partial charge in [0.15, 0.2) is 0 Å². The molecule has 7 nitrogen and oxygen atoms in total. The van der Waals surface area contributed by atoms with Gasteiger partial charge in [-0.2, -0.15) is 5.10 Å². The number of aliphatic hydroxyl groups excluding tert-OH is 1. The van der Waals surface area contributed by atoms with E-state index in [0.717, 1.165) is 56.8 Å². The molecule has 1 saturated heterocycles. The second-order valence-electron chi connectivity index (χ2n) is 7.48. The highest BCUT2D eigenvalue weighted by atomic mass is 16.6. The number of rotatable bonds is 4. The average molecular weight is 384 g/mol. The van der Waals surface area contributed by atoms with Crippen LogP contribution in [0.1, 0.15) is 42.8 Å². The molecule has 1 aromatic heterocycles. The van der Waals surface area contributed by atoms with E-state index in [1.165, 1.54) is 0 Å². The molecule has 1 aromatic carbocycles. The normalized spacial score (nSPS) is 19.3. The maximum atomic E-state index is 11.9. The molecule has 2 aliphatic heterocycles. The average Bonchev–Trinajstić information content (AvgIpc) is 3.17. The standard InChI is InChI=1S/C21H28N4O3/c1-2-28-21(27)23-10-8-17(9-11-23)24-12-13-25-18(15-24)14-19(22-25)20(26)16-6-4-3-5-7-16/h3-7,14,17,20,26H,2,8-13,15H2,1H3. The molecule has 1 unspecified atom stereocenters. The molecule has 2 aromatic rings. The highest BCUT2D eigenvalue weighted by molar-refractivity contribution is 5.67. The van der Waals surface area contributed by atoms with Crippen LogP contribution in [-0.2, 0) is 17.8 Å². The molecule has 0 saturated carbocycles. The number of aromatic nitrogens is 2. The molecule has 3 heterocycles. The maximum Gasteiger partial charge on any atom is 0.409 e. The summed E-state index contributed by atoms with van der Waals surface area (Å²) in [5, 5.41) is 15.3. The number of fused-ring (bicyclic) bond motifs is 1. The number of aliphatic hydroxyl groups is 1. The minimum Gasteiger partial charge on any atom is -0.450 e. The van der Waals surface area contributed by atoms with Crippen LogP contribution in [0.15, 0.2) is 36.4 Å². The topological polar surface area (TPSA) is 70.8 Å². The highest BCUT2D eigenvalue weighted by Crippen LogP contribution is 2.26.